The van der Waals surface area contributed by atoms with Gasteiger partial charge in [-0.1, -0.05) is 13.0 Å². The van der Waals surface area contributed by atoms with E-state index in [1.807, 2.05) is 13.0 Å². The number of carboxylic acids is 1. The third kappa shape index (κ3) is 6.02. The van der Waals surface area contributed by atoms with Gasteiger partial charge in [0, 0.05) is 19.2 Å². The van der Waals surface area contributed by atoms with Gasteiger partial charge in [0.2, 0.25) is 5.91 Å². The second-order valence-corrected chi connectivity index (χ2v) is 4.92. The summed E-state index contributed by atoms with van der Waals surface area (Å²) in [5.74, 6) is 0.0779. The number of aliphatic carboxylic acids is 1. The Labute approximate surface area is 136 Å². The molecule has 0 aliphatic heterocycles. The molecule has 1 aromatic rings. The molecule has 1 rings (SSSR count). The summed E-state index contributed by atoms with van der Waals surface area (Å²) in [7, 11) is 3.10. The standard InChI is InChI=1S/C17H23NO5/c1-4-10-18(11-9-17(20)21)16(19)8-6-13-5-7-14(22-2)15(12-13)23-3/h5-8,12H,4,9-11H2,1-3H3,(H,20,21)/b8-6+. The van der Waals surface area contributed by atoms with Crippen LogP contribution >= 0.6 is 0 Å². The van der Waals surface area contributed by atoms with Crippen molar-refractivity contribution in [2.75, 3.05) is 27.3 Å². The zero-order valence-corrected chi connectivity index (χ0v) is 13.7. The van der Waals surface area contributed by atoms with E-state index < -0.39 is 5.97 Å². The zero-order chi connectivity index (χ0) is 17.2. The van der Waals surface area contributed by atoms with Crippen molar-refractivity contribution in [2.45, 2.75) is 19.8 Å². The monoisotopic (exact) mass is 321 g/mol. The number of carbonyl (C=O) groups excluding carboxylic acids is 1. The van der Waals surface area contributed by atoms with Crippen LogP contribution in [0.3, 0.4) is 0 Å². The van der Waals surface area contributed by atoms with Crippen molar-refractivity contribution in [3.63, 3.8) is 0 Å². The van der Waals surface area contributed by atoms with E-state index in [4.69, 9.17) is 14.6 Å². The van der Waals surface area contributed by atoms with E-state index in [9.17, 15) is 9.59 Å². The van der Waals surface area contributed by atoms with Crippen LogP contribution in [0.25, 0.3) is 6.08 Å². The Morgan fingerprint density at radius 2 is 1.87 bits per heavy atom. The molecule has 0 aliphatic rings. The first-order valence-corrected chi connectivity index (χ1v) is 7.42. The van der Waals surface area contributed by atoms with Crippen molar-refractivity contribution in [3.05, 3.63) is 29.8 Å². The SMILES string of the molecule is CCCN(CCC(=O)O)C(=O)/C=C/c1ccc(OC)c(OC)c1. The van der Waals surface area contributed by atoms with Crippen molar-refractivity contribution in [1.29, 1.82) is 0 Å². The maximum absolute atomic E-state index is 12.2. The van der Waals surface area contributed by atoms with Crippen molar-refractivity contribution in [2.24, 2.45) is 0 Å². The molecule has 1 amide bonds. The van der Waals surface area contributed by atoms with E-state index in [-0.39, 0.29) is 18.9 Å². The first kappa shape index (κ1) is 18.5. The fourth-order valence-electron chi connectivity index (χ4n) is 2.06. The molecule has 0 saturated carbocycles. The highest BCUT2D eigenvalue weighted by Crippen LogP contribution is 2.27. The average molecular weight is 321 g/mol. The van der Waals surface area contributed by atoms with Gasteiger partial charge in [-0.3, -0.25) is 9.59 Å². The smallest absolute Gasteiger partial charge is 0.305 e. The molecule has 1 aromatic carbocycles. The molecule has 0 saturated heterocycles. The van der Waals surface area contributed by atoms with Crippen molar-refractivity contribution in [3.8, 4) is 11.5 Å². The molecular weight excluding hydrogens is 298 g/mol. The van der Waals surface area contributed by atoms with Crippen molar-refractivity contribution in [1.82, 2.24) is 4.90 Å². The summed E-state index contributed by atoms with van der Waals surface area (Å²) in [4.78, 5) is 24.4. The highest BCUT2D eigenvalue weighted by atomic mass is 16.5. The van der Waals surface area contributed by atoms with Crippen LogP contribution in [0, 0.1) is 0 Å². The van der Waals surface area contributed by atoms with Crippen LogP contribution in [0.4, 0.5) is 0 Å². The number of benzene rings is 1. The van der Waals surface area contributed by atoms with Crippen LogP contribution in [0.1, 0.15) is 25.3 Å². The molecule has 0 atom stereocenters. The summed E-state index contributed by atoms with van der Waals surface area (Å²) in [6.07, 6.45) is 3.83. The fourth-order valence-corrected chi connectivity index (χ4v) is 2.06. The number of hydrogen-bond donors (Lipinski definition) is 1. The number of rotatable bonds is 9. The minimum atomic E-state index is -0.914. The lowest BCUT2D eigenvalue weighted by atomic mass is 10.2. The highest BCUT2D eigenvalue weighted by molar-refractivity contribution is 5.92. The number of hydrogen-bond acceptors (Lipinski definition) is 4. The lowest BCUT2D eigenvalue weighted by Crippen LogP contribution is -2.32. The van der Waals surface area contributed by atoms with Gasteiger partial charge in [-0.2, -0.15) is 0 Å². The summed E-state index contributed by atoms with van der Waals surface area (Å²) in [6, 6.07) is 5.34. The predicted molar refractivity (Wildman–Crippen MR) is 87.7 cm³/mol. The molecular formula is C17H23NO5. The molecule has 0 unspecified atom stereocenters. The molecule has 6 heteroatoms. The quantitative estimate of drug-likeness (QED) is 0.707. The lowest BCUT2D eigenvalue weighted by Gasteiger charge is -2.19. The molecule has 0 aliphatic carbocycles. The Balaban J connectivity index is 2.80. The molecule has 126 valence electrons. The van der Waals surface area contributed by atoms with E-state index in [0.717, 1.165) is 12.0 Å². The molecule has 23 heavy (non-hydrogen) atoms. The van der Waals surface area contributed by atoms with E-state index in [2.05, 4.69) is 0 Å². The van der Waals surface area contributed by atoms with E-state index in [0.29, 0.717) is 18.0 Å². The molecule has 0 spiro atoms. The number of carboxylic acid groups (broad SMARTS) is 1. The van der Waals surface area contributed by atoms with Gasteiger partial charge < -0.3 is 19.5 Å². The Kier molecular flexibility index (Phi) is 7.66. The van der Waals surface area contributed by atoms with Gasteiger partial charge in [-0.05, 0) is 30.2 Å². The number of carbonyl (C=O) groups is 2. The number of amides is 1. The molecule has 0 radical (unpaired) electrons. The second kappa shape index (κ2) is 9.50. The Bertz CT molecular complexity index is 568. The highest BCUT2D eigenvalue weighted by Gasteiger charge is 2.11. The van der Waals surface area contributed by atoms with Crippen LogP contribution < -0.4 is 9.47 Å². The van der Waals surface area contributed by atoms with Gasteiger partial charge in [0.1, 0.15) is 0 Å². The minimum Gasteiger partial charge on any atom is -0.493 e. The lowest BCUT2D eigenvalue weighted by molar-refractivity contribution is -0.138. The van der Waals surface area contributed by atoms with E-state index >= 15 is 0 Å². The zero-order valence-electron chi connectivity index (χ0n) is 13.7. The third-order valence-corrected chi connectivity index (χ3v) is 3.23. The minimum absolute atomic E-state index is 0.0596. The van der Waals surface area contributed by atoms with Gasteiger partial charge in [0.25, 0.3) is 0 Å². The molecule has 0 fully saturated rings. The first-order valence-electron chi connectivity index (χ1n) is 7.42. The van der Waals surface area contributed by atoms with Crippen LogP contribution in [-0.4, -0.2) is 49.2 Å². The Morgan fingerprint density at radius 3 is 2.43 bits per heavy atom. The van der Waals surface area contributed by atoms with Gasteiger partial charge in [0.15, 0.2) is 11.5 Å². The number of nitrogens with zero attached hydrogens (tertiary/aromatic N) is 1. The Hall–Kier alpha value is -2.50. The fraction of sp³-hybridized carbons (Fsp3) is 0.412. The molecule has 1 N–H and O–H groups in total. The van der Waals surface area contributed by atoms with Crippen LogP contribution in [0.15, 0.2) is 24.3 Å². The average Bonchev–Trinajstić information content (AvgIpc) is 2.55. The molecule has 6 nitrogen and oxygen atoms in total. The largest absolute Gasteiger partial charge is 0.493 e. The summed E-state index contributed by atoms with van der Waals surface area (Å²) in [6.45, 7) is 2.68. The molecule has 0 aromatic heterocycles. The summed E-state index contributed by atoms with van der Waals surface area (Å²) < 4.78 is 10.4. The summed E-state index contributed by atoms with van der Waals surface area (Å²) in [5.41, 5.74) is 0.797. The van der Waals surface area contributed by atoms with Crippen LogP contribution in [0.5, 0.6) is 11.5 Å². The number of ether oxygens (including phenoxy) is 2. The van der Waals surface area contributed by atoms with E-state index in [1.54, 1.807) is 32.4 Å². The van der Waals surface area contributed by atoms with Gasteiger partial charge in [0.05, 0.1) is 20.6 Å². The number of methoxy groups -OCH3 is 2. The summed E-state index contributed by atoms with van der Waals surface area (Å²) in [5, 5.41) is 8.75. The van der Waals surface area contributed by atoms with Gasteiger partial charge >= 0.3 is 5.97 Å². The maximum atomic E-state index is 12.2. The first-order chi connectivity index (χ1) is 11.0. The topological polar surface area (TPSA) is 76.1 Å². The maximum Gasteiger partial charge on any atom is 0.305 e. The van der Waals surface area contributed by atoms with Crippen LogP contribution in [0.2, 0.25) is 0 Å². The van der Waals surface area contributed by atoms with Gasteiger partial charge in [-0.15, -0.1) is 0 Å². The van der Waals surface area contributed by atoms with Gasteiger partial charge in [-0.25, -0.2) is 0 Å². The normalized spacial score (nSPS) is 10.6. The molecule has 0 heterocycles. The van der Waals surface area contributed by atoms with E-state index in [1.165, 1.54) is 11.0 Å². The Morgan fingerprint density at radius 1 is 1.17 bits per heavy atom. The van der Waals surface area contributed by atoms with Crippen LogP contribution in [-0.2, 0) is 9.59 Å². The third-order valence-electron chi connectivity index (χ3n) is 3.23. The molecule has 0 bridgehead atoms. The van der Waals surface area contributed by atoms with Crippen molar-refractivity contribution >= 4 is 18.0 Å². The predicted octanol–water partition coefficient (Wildman–Crippen LogP) is 2.43. The van der Waals surface area contributed by atoms with Crippen molar-refractivity contribution < 1.29 is 24.2 Å². The summed E-state index contributed by atoms with van der Waals surface area (Å²) >= 11 is 0. The second-order valence-electron chi connectivity index (χ2n) is 4.92.